The minimum absolute atomic E-state index is 0.114. The van der Waals surface area contributed by atoms with E-state index in [1.165, 1.54) is 12.1 Å². The monoisotopic (exact) mass is 428 g/mol. The largest absolute Gasteiger partial charge is 0.497 e. The zero-order valence-corrected chi connectivity index (χ0v) is 17.8. The fraction of sp³-hybridized carbons (Fsp3) is 0.154. The Morgan fingerprint density at radius 1 is 0.938 bits per heavy atom. The van der Waals surface area contributed by atoms with Gasteiger partial charge in [0.15, 0.2) is 0 Å². The topological polar surface area (TPSA) is 51.7 Å². The number of carbonyl (C=O) groups excluding carboxylic acids is 1. The zero-order chi connectivity index (χ0) is 22.2. The van der Waals surface area contributed by atoms with Crippen molar-refractivity contribution >= 4 is 16.8 Å². The Bertz CT molecular complexity index is 1320. The molecule has 1 aliphatic rings. The molecule has 1 amide bonds. The maximum absolute atomic E-state index is 13.6. The van der Waals surface area contributed by atoms with E-state index in [0.29, 0.717) is 30.0 Å². The van der Waals surface area contributed by atoms with Crippen LogP contribution in [0.4, 0.5) is 4.39 Å². The number of methoxy groups -OCH3 is 2. The second kappa shape index (κ2) is 7.96. The lowest BCUT2D eigenvalue weighted by Gasteiger charge is -2.16. The van der Waals surface area contributed by atoms with Gasteiger partial charge in [-0.25, -0.2) is 9.37 Å². The van der Waals surface area contributed by atoms with Crippen LogP contribution in [0.3, 0.4) is 0 Å². The smallest absolute Gasteiger partial charge is 0.273 e. The number of benzene rings is 3. The SMILES string of the molecule is COc1ccc(CN2Cc3c(nc4ccc(OC)cc4c3-c3ccc(F)cc3)C2=O)cc1. The van der Waals surface area contributed by atoms with Gasteiger partial charge in [-0.05, 0) is 59.2 Å². The van der Waals surface area contributed by atoms with Crippen LogP contribution in [0.1, 0.15) is 21.6 Å². The van der Waals surface area contributed by atoms with Gasteiger partial charge in [-0.2, -0.15) is 0 Å². The molecule has 0 spiro atoms. The van der Waals surface area contributed by atoms with Crippen molar-refractivity contribution in [2.75, 3.05) is 14.2 Å². The second-order valence-corrected chi connectivity index (χ2v) is 7.71. The first-order chi connectivity index (χ1) is 15.6. The van der Waals surface area contributed by atoms with Gasteiger partial charge in [0.25, 0.3) is 5.91 Å². The van der Waals surface area contributed by atoms with Gasteiger partial charge in [0, 0.05) is 24.0 Å². The summed E-state index contributed by atoms with van der Waals surface area (Å²) in [5, 5.41) is 0.869. The predicted molar refractivity (Wildman–Crippen MR) is 120 cm³/mol. The molecular weight excluding hydrogens is 407 g/mol. The van der Waals surface area contributed by atoms with E-state index in [4.69, 9.17) is 14.5 Å². The van der Waals surface area contributed by atoms with Gasteiger partial charge >= 0.3 is 0 Å². The summed E-state index contributed by atoms with van der Waals surface area (Å²) >= 11 is 0. The molecule has 1 aliphatic heterocycles. The van der Waals surface area contributed by atoms with E-state index in [2.05, 4.69) is 0 Å². The summed E-state index contributed by atoms with van der Waals surface area (Å²) in [5.41, 5.74) is 4.70. The van der Waals surface area contributed by atoms with Gasteiger partial charge in [-0.3, -0.25) is 4.79 Å². The summed E-state index contributed by atoms with van der Waals surface area (Å²) < 4.78 is 24.3. The molecule has 0 N–H and O–H groups in total. The highest BCUT2D eigenvalue weighted by atomic mass is 19.1. The minimum atomic E-state index is -0.307. The number of rotatable bonds is 5. The van der Waals surface area contributed by atoms with Crippen LogP contribution < -0.4 is 9.47 Å². The Labute approximate surface area is 185 Å². The van der Waals surface area contributed by atoms with Crippen molar-refractivity contribution in [3.63, 3.8) is 0 Å². The van der Waals surface area contributed by atoms with Crippen LogP contribution in [-0.2, 0) is 13.1 Å². The maximum Gasteiger partial charge on any atom is 0.273 e. The Morgan fingerprint density at radius 3 is 2.31 bits per heavy atom. The van der Waals surface area contributed by atoms with Gasteiger partial charge in [0.05, 0.1) is 19.7 Å². The van der Waals surface area contributed by atoms with Crippen LogP contribution in [0.2, 0.25) is 0 Å². The molecule has 0 saturated heterocycles. The van der Waals surface area contributed by atoms with Crippen molar-refractivity contribution in [1.29, 1.82) is 0 Å². The molecule has 0 saturated carbocycles. The molecule has 5 nitrogen and oxygen atoms in total. The number of hydrogen-bond donors (Lipinski definition) is 0. The number of halogens is 1. The molecule has 0 radical (unpaired) electrons. The van der Waals surface area contributed by atoms with Crippen molar-refractivity contribution in [2.45, 2.75) is 13.1 Å². The quantitative estimate of drug-likeness (QED) is 0.438. The molecule has 2 heterocycles. The van der Waals surface area contributed by atoms with Gasteiger partial charge in [-0.1, -0.05) is 24.3 Å². The standard InChI is InChI=1S/C26H21FN2O3/c1-31-19-9-3-16(4-10-19)14-29-15-22-24(17-5-7-18(27)8-6-17)21-13-20(32-2)11-12-23(21)28-25(22)26(29)30/h3-13H,14-15H2,1-2H3. The van der Waals surface area contributed by atoms with E-state index >= 15 is 0 Å². The van der Waals surface area contributed by atoms with E-state index in [-0.39, 0.29) is 11.7 Å². The van der Waals surface area contributed by atoms with Crippen LogP contribution in [0.5, 0.6) is 11.5 Å². The van der Waals surface area contributed by atoms with Gasteiger partial charge in [0.1, 0.15) is 23.0 Å². The molecule has 32 heavy (non-hydrogen) atoms. The van der Waals surface area contributed by atoms with Gasteiger partial charge < -0.3 is 14.4 Å². The molecule has 0 fully saturated rings. The number of pyridine rings is 1. The van der Waals surface area contributed by atoms with Crippen LogP contribution in [-0.4, -0.2) is 30.0 Å². The third-order valence-electron chi connectivity index (χ3n) is 5.80. The van der Waals surface area contributed by atoms with E-state index in [1.807, 2.05) is 42.5 Å². The molecule has 4 aromatic rings. The van der Waals surface area contributed by atoms with Crippen LogP contribution in [0.25, 0.3) is 22.0 Å². The number of aromatic nitrogens is 1. The van der Waals surface area contributed by atoms with Crippen LogP contribution in [0, 0.1) is 5.82 Å². The summed E-state index contributed by atoms with van der Waals surface area (Å²) in [7, 11) is 3.23. The van der Waals surface area contributed by atoms with Crippen molar-refractivity contribution in [2.24, 2.45) is 0 Å². The summed E-state index contributed by atoms with van der Waals surface area (Å²) in [5.74, 6) is 1.04. The van der Waals surface area contributed by atoms with E-state index < -0.39 is 0 Å². The Kier molecular flexibility index (Phi) is 4.98. The van der Waals surface area contributed by atoms with Gasteiger partial charge in [0.2, 0.25) is 0 Å². The Hall–Kier alpha value is -3.93. The molecule has 0 bridgehead atoms. The minimum Gasteiger partial charge on any atom is -0.497 e. The average Bonchev–Trinajstić information content (AvgIpc) is 3.13. The normalized spacial score (nSPS) is 12.8. The first-order valence-electron chi connectivity index (χ1n) is 10.3. The highest BCUT2D eigenvalue weighted by Crippen LogP contribution is 2.39. The summed E-state index contributed by atoms with van der Waals surface area (Å²) in [4.78, 5) is 19.8. The molecule has 0 unspecified atom stereocenters. The number of amides is 1. The average molecular weight is 428 g/mol. The number of fused-ring (bicyclic) bond motifs is 2. The van der Waals surface area contributed by atoms with E-state index in [1.54, 1.807) is 31.3 Å². The summed E-state index contributed by atoms with van der Waals surface area (Å²) in [6.45, 7) is 0.884. The Balaban J connectivity index is 1.62. The highest BCUT2D eigenvalue weighted by molar-refractivity contribution is 6.06. The molecule has 160 valence electrons. The molecule has 0 atom stereocenters. The summed E-state index contributed by atoms with van der Waals surface area (Å²) in [6.07, 6.45) is 0. The molecule has 6 heteroatoms. The third-order valence-corrected chi connectivity index (χ3v) is 5.80. The predicted octanol–water partition coefficient (Wildman–Crippen LogP) is 5.21. The van der Waals surface area contributed by atoms with Gasteiger partial charge in [-0.15, -0.1) is 0 Å². The van der Waals surface area contributed by atoms with Crippen LogP contribution >= 0.6 is 0 Å². The molecule has 1 aromatic heterocycles. The first-order valence-corrected chi connectivity index (χ1v) is 10.3. The van der Waals surface area contributed by atoms with Crippen molar-refractivity contribution in [1.82, 2.24) is 9.88 Å². The fourth-order valence-corrected chi connectivity index (χ4v) is 4.18. The number of nitrogens with zero attached hydrogens (tertiary/aromatic N) is 2. The number of ether oxygens (including phenoxy) is 2. The van der Waals surface area contributed by atoms with Crippen molar-refractivity contribution < 1.29 is 18.7 Å². The third kappa shape index (κ3) is 3.43. The molecule has 0 aliphatic carbocycles. The second-order valence-electron chi connectivity index (χ2n) is 7.71. The van der Waals surface area contributed by atoms with E-state index in [0.717, 1.165) is 33.4 Å². The number of carbonyl (C=O) groups is 1. The lowest BCUT2D eigenvalue weighted by molar-refractivity contribution is 0.0762. The number of hydrogen-bond acceptors (Lipinski definition) is 4. The van der Waals surface area contributed by atoms with E-state index in [9.17, 15) is 9.18 Å². The maximum atomic E-state index is 13.6. The molecule has 3 aromatic carbocycles. The first kappa shape index (κ1) is 20.0. The molecule has 5 rings (SSSR count). The Morgan fingerprint density at radius 2 is 1.62 bits per heavy atom. The lowest BCUT2D eigenvalue weighted by atomic mass is 9.95. The lowest BCUT2D eigenvalue weighted by Crippen LogP contribution is -2.23. The van der Waals surface area contributed by atoms with Crippen LogP contribution in [0.15, 0.2) is 66.7 Å². The fourth-order valence-electron chi connectivity index (χ4n) is 4.18. The summed E-state index contributed by atoms with van der Waals surface area (Å²) in [6, 6.07) is 19.6. The highest BCUT2D eigenvalue weighted by Gasteiger charge is 2.33. The zero-order valence-electron chi connectivity index (χ0n) is 17.8. The van der Waals surface area contributed by atoms with Crippen molar-refractivity contribution in [3.05, 3.63) is 89.4 Å². The van der Waals surface area contributed by atoms with Crippen molar-refractivity contribution in [3.8, 4) is 22.6 Å². The molecular formula is C26H21FN2O3.